The van der Waals surface area contributed by atoms with Crippen LogP contribution in [-0.2, 0) is 0 Å². The minimum Gasteiger partial charge on any atom is -0.369 e. The maximum Gasteiger partial charge on any atom is 0.227 e. The molecule has 0 saturated carbocycles. The maximum absolute atomic E-state index is 4.65. The maximum atomic E-state index is 4.65. The first-order chi connectivity index (χ1) is 10.7. The molecular weight excluding hydrogens is 276 g/mol. The summed E-state index contributed by atoms with van der Waals surface area (Å²) in [5, 5.41) is 3.36. The molecule has 6 heteroatoms. The number of likely N-dealkylation sites (N-methyl/N-ethyl adjacent to an activating group) is 1. The standard InChI is InChI=1S/C16H30N6/c1-4-5-9-21-11-13-22(14-12-21)16-18-7-6-15(19-16)17-8-10-20(2)3/h6-7H,4-5,8-14H2,1-3H3,(H,17,18,19). The van der Waals surface area contributed by atoms with Gasteiger partial charge in [-0.3, -0.25) is 4.90 Å². The molecular formula is C16H30N6. The topological polar surface area (TPSA) is 47.5 Å². The van der Waals surface area contributed by atoms with Crippen molar-refractivity contribution in [3.05, 3.63) is 12.3 Å². The summed E-state index contributed by atoms with van der Waals surface area (Å²) < 4.78 is 0. The summed E-state index contributed by atoms with van der Waals surface area (Å²) in [5.41, 5.74) is 0. The molecule has 1 aliphatic rings. The fraction of sp³-hybridized carbons (Fsp3) is 0.750. The van der Waals surface area contributed by atoms with Gasteiger partial charge in [-0.2, -0.15) is 4.98 Å². The molecule has 0 unspecified atom stereocenters. The van der Waals surface area contributed by atoms with Gasteiger partial charge < -0.3 is 15.1 Å². The predicted octanol–water partition coefficient (Wildman–Crippen LogP) is 1.37. The highest BCUT2D eigenvalue weighted by atomic mass is 15.3. The second kappa shape index (κ2) is 8.90. The Labute approximate surface area is 134 Å². The Morgan fingerprint density at radius 2 is 2.00 bits per heavy atom. The molecule has 22 heavy (non-hydrogen) atoms. The van der Waals surface area contributed by atoms with E-state index in [4.69, 9.17) is 0 Å². The molecule has 0 aliphatic carbocycles. The summed E-state index contributed by atoms with van der Waals surface area (Å²) in [6.07, 6.45) is 4.41. The average molecular weight is 306 g/mol. The van der Waals surface area contributed by atoms with Crippen LogP contribution in [0.25, 0.3) is 0 Å². The number of nitrogens with zero attached hydrogens (tertiary/aromatic N) is 5. The van der Waals surface area contributed by atoms with Crippen LogP contribution in [0, 0.1) is 0 Å². The van der Waals surface area contributed by atoms with E-state index in [0.717, 1.165) is 51.0 Å². The molecule has 2 heterocycles. The normalized spacial score (nSPS) is 16.3. The summed E-state index contributed by atoms with van der Waals surface area (Å²) in [6.45, 7) is 9.62. The van der Waals surface area contributed by atoms with Crippen molar-refractivity contribution < 1.29 is 0 Å². The first-order valence-corrected chi connectivity index (χ1v) is 8.38. The fourth-order valence-corrected chi connectivity index (χ4v) is 2.56. The number of hydrogen-bond acceptors (Lipinski definition) is 6. The summed E-state index contributed by atoms with van der Waals surface area (Å²) in [6, 6.07) is 1.94. The summed E-state index contributed by atoms with van der Waals surface area (Å²) >= 11 is 0. The fourth-order valence-electron chi connectivity index (χ4n) is 2.56. The highest BCUT2D eigenvalue weighted by Crippen LogP contribution is 2.13. The highest BCUT2D eigenvalue weighted by molar-refractivity contribution is 5.41. The Hall–Kier alpha value is -1.40. The van der Waals surface area contributed by atoms with Gasteiger partial charge in [0.15, 0.2) is 0 Å². The molecule has 1 aromatic rings. The number of anilines is 2. The van der Waals surface area contributed by atoms with Crippen LogP contribution in [0.15, 0.2) is 12.3 Å². The van der Waals surface area contributed by atoms with E-state index in [1.165, 1.54) is 19.4 Å². The second-order valence-electron chi connectivity index (χ2n) is 6.15. The van der Waals surface area contributed by atoms with Gasteiger partial charge >= 0.3 is 0 Å². The largest absolute Gasteiger partial charge is 0.369 e. The van der Waals surface area contributed by atoms with E-state index in [-0.39, 0.29) is 0 Å². The average Bonchev–Trinajstić information content (AvgIpc) is 2.53. The van der Waals surface area contributed by atoms with E-state index < -0.39 is 0 Å². The van der Waals surface area contributed by atoms with E-state index in [0.29, 0.717) is 0 Å². The number of nitrogens with one attached hydrogen (secondary N) is 1. The lowest BCUT2D eigenvalue weighted by Gasteiger charge is -2.34. The van der Waals surface area contributed by atoms with E-state index in [2.05, 4.69) is 51.0 Å². The molecule has 1 saturated heterocycles. The molecule has 1 N–H and O–H groups in total. The molecule has 1 aromatic heterocycles. The van der Waals surface area contributed by atoms with Gasteiger partial charge in [0, 0.05) is 45.5 Å². The number of aromatic nitrogens is 2. The number of piperazine rings is 1. The Morgan fingerprint density at radius 1 is 1.23 bits per heavy atom. The van der Waals surface area contributed by atoms with Gasteiger partial charge in [-0.25, -0.2) is 4.98 Å². The Morgan fingerprint density at radius 3 is 2.68 bits per heavy atom. The van der Waals surface area contributed by atoms with Crippen LogP contribution >= 0.6 is 0 Å². The zero-order valence-electron chi connectivity index (χ0n) is 14.3. The Kier molecular flexibility index (Phi) is 6.86. The SMILES string of the molecule is CCCCN1CCN(c2nccc(NCCN(C)C)n2)CC1. The minimum absolute atomic E-state index is 0.852. The lowest BCUT2D eigenvalue weighted by molar-refractivity contribution is 0.253. The van der Waals surface area contributed by atoms with Gasteiger partial charge in [-0.1, -0.05) is 13.3 Å². The van der Waals surface area contributed by atoms with Crippen molar-refractivity contribution in [3.8, 4) is 0 Å². The molecule has 0 radical (unpaired) electrons. The van der Waals surface area contributed by atoms with Crippen LogP contribution in [0.2, 0.25) is 0 Å². The summed E-state index contributed by atoms with van der Waals surface area (Å²) in [7, 11) is 4.15. The van der Waals surface area contributed by atoms with Gasteiger partial charge in [-0.15, -0.1) is 0 Å². The lowest BCUT2D eigenvalue weighted by atomic mass is 10.2. The Balaban J connectivity index is 1.82. The van der Waals surface area contributed by atoms with Crippen LogP contribution < -0.4 is 10.2 Å². The monoisotopic (exact) mass is 306 g/mol. The summed E-state index contributed by atoms with van der Waals surface area (Å²) in [4.78, 5) is 16.1. The molecule has 6 nitrogen and oxygen atoms in total. The number of hydrogen-bond donors (Lipinski definition) is 1. The van der Waals surface area contributed by atoms with Crippen LogP contribution in [0.4, 0.5) is 11.8 Å². The van der Waals surface area contributed by atoms with E-state index in [9.17, 15) is 0 Å². The molecule has 0 aromatic carbocycles. The van der Waals surface area contributed by atoms with Gasteiger partial charge in [-0.05, 0) is 33.1 Å². The van der Waals surface area contributed by atoms with Crippen molar-refractivity contribution in [2.45, 2.75) is 19.8 Å². The van der Waals surface area contributed by atoms with E-state index >= 15 is 0 Å². The Bertz CT molecular complexity index is 428. The van der Waals surface area contributed by atoms with Crippen LogP contribution in [0.1, 0.15) is 19.8 Å². The van der Waals surface area contributed by atoms with Crippen molar-refractivity contribution in [2.75, 3.05) is 70.1 Å². The van der Waals surface area contributed by atoms with Gasteiger partial charge in [0.1, 0.15) is 5.82 Å². The lowest BCUT2D eigenvalue weighted by Crippen LogP contribution is -2.47. The van der Waals surface area contributed by atoms with Crippen molar-refractivity contribution in [1.82, 2.24) is 19.8 Å². The van der Waals surface area contributed by atoms with E-state index in [1.54, 1.807) is 0 Å². The third-order valence-corrected chi connectivity index (χ3v) is 3.99. The molecule has 124 valence electrons. The minimum atomic E-state index is 0.852. The van der Waals surface area contributed by atoms with Crippen molar-refractivity contribution in [1.29, 1.82) is 0 Å². The van der Waals surface area contributed by atoms with Crippen LogP contribution in [0.3, 0.4) is 0 Å². The number of unbranched alkanes of at least 4 members (excludes halogenated alkanes) is 1. The quantitative estimate of drug-likeness (QED) is 0.783. The molecule has 2 rings (SSSR count). The molecule has 1 aliphatic heterocycles. The second-order valence-corrected chi connectivity index (χ2v) is 6.15. The molecule has 0 spiro atoms. The first kappa shape index (κ1) is 17.0. The third kappa shape index (κ3) is 5.42. The molecule has 1 fully saturated rings. The third-order valence-electron chi connectivity index (χ3n) is 3.99. The first-order valence-electron chi connectivity index (χ1n) is 8.38. The van der Waals surface area contributed by atoms with Gasteiger partial charge in [0.25, 0.3) is 0 Å². The smallest absolute Gasteiger partial charge is 0.227 e. The van der Waals surface area contributed by atoms with Crippen LogP contribution in [-0.4, -0.2) is 79.7 Å². The van der Waals surface area contributed by atoms with Gasteiger partial charge in [0.2, 0.25) is 5.95 Å². The van der Waals surface area contributed by atoms with Crippen LogP contribution in [0.5, 0.6) is 0 Å². The number of rotatable bonds is 8. The van der Waals surface area contributed by atoms with Crippen molar-refractivity contribution in [3.63, 3.8) is 0 Å². The molecule has 0 bridgehead atoms. The van der Waals surface area contributed by atoms with Crippen molar-refractivity contribution >= 4 is 11.8 Å². The summed E-state index contributed by atoms with van der Waals surface area (Å²) in [5.74, 6) is 1.77. The van der Waals surface area contributed by atoms with E-state index in [1.807, 2.05) is 12.3 Å². The van der Waals surface area contributed by atoms with Crippen molar-refractivity contribution in [2.24, 2.45) is 0 Å². The molecule has 0 atom stereocenters. The van der Waals surface area contributed by atoms with Gasteiger partial charge in [0.05, 0.1) is 0 Å². The predicted molar refractivity (Wildman–Crippen MR) is 92.6 cm³/mol. The molecule has 0 amide bonds. The zero-order chi connectivity index (χ0) is 15.8. The zero-order valence-corrected chi connectivity index (χ0v) is 14.3. The highest BCUT2D eigenvalue weighted by Gasteiger charge is 2.18.